The SMILES string of the molecule is CO/N=C(\C)c1ccc(N=CC2=C(O)CC(CC(C)C)CC2=O)cc1. The second-order valence-corrected chi connectivity index (χ2v) is 6.85. The number of carbonyl (C=O) groups excluding carboxylic acids is 1. The van der Waals surface area contributed by atoms with Crippen molar-refractivity contribution in [3.8, 4) is 0 Å². The van der Waals surface area contributed by atoms with E-state index >= 15 is 0 Å². The van der Waals surface area contributed by atoms with E-state index in [4.69, 9.17) is 4.84 Å². The summed E-state index contributed by atoms with van der Waals surface area (Å²) in [6, 6.07) is 7.46. The van der Waals surface area contributed by atoms with E-state index < -0.39 is 0 Å². The number of nitrogens with zero attached hydrogens (tertiary/aromatic N) is 2. The van der Waals surface area contributed by atoms with Crippen molar-refractivity contribution in [3.63, 3.8) is 0 Å². The van der Waals surface area contributed by atoms with Gasteiger partial charge in [-0.05, 0) is 42.9 Å². The van der Waals surface area contributed by atoms with Crippen LogP contribution >= 0.6 is 0 Å². The van der Waals surface area contributed by atoms with Gasteiger partial charge in [0.05, 0.1) is 17.0 Å². The second kappa shape index (κ2) is 8.60. The molecule has 1 atom stereocenters. The van der Waals surface area contributed by atoms with Crippen LogP contribution in [0.15, 0.2) is 45.7 Å². The zero-order valence-corrected chi connectivity index (χ0v) is 15.3. The van der Waals surface area contributed by atoms with Gasteiger partial charge in [-0.25, -0.2) is 0 Å². The number of aliphatic imine (C=N–C) groups is 1. The first-order valence-corrected chi connectivity index (χ1v) is 8.58. The van der Waals surface area contributed by atoms with Gasteiger partial charge in [-0.1, -0.05) is 31.1 Å². The molecule has 0 fully saturated rings. The Bertz CT molecular complexity index is 700. The van der Waals surface area contributed by atoms with Crippen molar-refractivity contribution in [1.82, 2.24) is 0 Å². The summed E-state index contributed by atoms with van der Waals surface area (Å²) >= 11 is 0. The third-order valence-corrected chi connectivity index (χ3v) is 4.23. The Hall–Kier alpha value is -2.43. The third-order valence-electron chi connectivity index (χ3n) is 4.23. The lowest BCUT2D eigenvalue weighted by Crippen LogP contribution is -2.21. The summed E-state index contributed by atoms with van der Waals surface area (Å²) in [7, 11) is 1.51. The maximum Gasteiger partial charge on any atom is 0.168 e. The van der Waals surface area contributed by atoms with Crippen molar-refractivity contribution in [2.24, 2.45) is 22.0 Å². The molecule has 0 aliphatic heterocycles. The minimum absolute atomic E-state index is 0.0298. The van der Waals surface area contributed by atoms with Crippen molar-refractivity contribution >= 4 is 23.4 Å². The van der Waals surface area contributed by atoms with Gasteiger partial charge in [0.2, 0.25) is 0 Å². The number of oxime groups is 1. The maximum absolute atomic E-state index is 12.3. The van der Waals surface area contributed by atoms with Crippen LogP contribution in [0.4, 0.5) is 5.69 Å². The summed E-state index contributed by atoms with van der Waals surface area (Å²) in [6.07, 6.45) is 3.46. The summed E-state index contributed by atoms with van der Waals surface area (Å²) in [5.41, 5.74) is 2.76. The van der Waals surface area contributed by atoms with Crippen molar-refractivity contribution in [1.29, 1.82) is 0 Å². The molecule has 0 bridgehead atoms. The van der Waals surface area contributed by atoms with Crippen LogP contribution in [0, 0.1) is 11.8 Å². The van der Waals surface area contributed by atoms with E-state index in [0.717, 1.165) is 17.7 Å². The van der Waals surface area contributed by atoms with Gasteiger partial charge in [0.1, 0.15) is 12.9 Å². The lowest BCUT2D eigenvalue weighted by atomic mass is 9.82. The predicted octanol–water partition coefficient (Wildman–Crippen LogP) is 4.60. The van der Waals surface area contributed by atoms with E-state index in [0.29, 0.717) is 30.0 Å². The van der Waals surface area contributed by atoms with Crippen LogP contribution in [0.3, 0.4) is 0 Å². The number of carbonyl (C=O) groups is 1. The van der Waals surface area contributed by atoms with E-state index in [1.54, 1.807) is 0 Å². The molecule has 1 aliphatic rings. The first-order valence-electron chi connectivity index (χ1n) is 8.58. The second-order valence-electron chi connectivity index (χ2n) is 6.85. The molecule has 2 rings (SSSR count). The molecule has 0 saturated carbocycles. The lowest BCUT2D eigenvalue weighted by Gasteiger charge is -2.23. The highest BCUT2D eigenvalue weighted by molar-refractivity contribution is 6.14. The molecule has 0 saturated heterocycles. The number of benzene rings is 1. The number of ketones is 1. The van der Waals surface area contributed by atoms with Gasteiger partial charge in [-0.15, -0.1) is 0 Å². The molecule has 1 unspecified atom stereocenters. The molecule has 134 valence electrons. The Labute approximate surface area is 149 Å². The molecule has 1 aliphatic carbocycles. The first kappa shape index (κ1) is 18.9. The Morgan fingerprint density at radius 2 is 2.00 bits per heavy atom. The molecule has 1 N–H and O–H groups in total. The van der Waals surface area contributed by atoms with Crippen LogP contribution in [0.5, 0.6) is 0 Å². The highest BCUT2D eigenvalue weighted by Crippen LogP contribution is 2.30. The molecule has 0 spiro atoms. The summed E-state index contributed by atoms with van der Waals surface area (Å²) in [5, 5.41) is 14.1. The fourth-order valence-electron chi connectivity index (χ4n) is 3.09. The minimum Gasteiger partial charge on any atom is -0.511 e. The van der Waals surface area contributed by atoms with Gasteiger partial charge in [0, 0.05) is 19.1 Å². The number of aliphatic hydroxyl groups is 1. The summed E-state index contributed by atoms with van der Waals surface area (Å²) in [4.78, 5) is 21.4. The molecular weight excluding hydrogens is 316 g/mol. The van der Waals surface area contributed by atoms with E-state index in [1.807, 2.05) is 31.2 Å². The molecule has 1 aromatic rings. The van der Waals surface area contributed by atoms with Crippen molar-refractivity contribution < 1.29 is 14.7 Å². The summed E-state index contributed by atoms with van der Waals surface area (Å²) in [5.74, 6) is 0.875. The highest BCUT2D eigenvalue weighted by Gasteiger charge is 2.27. The molecule has 0 radical (unpaired) electrons. The Morgan fingerprint density at radius 1 is 1.32 bits per heavy atom. The van der Waals surface area contributed by atoms with Gasteiger partial charge >= 0.3 is 0 Å². The Kier molecular flexibility index (Phi) is 6.51. The maximum atomic E-state index is 12.3. The van der Waals surface area contributed by atoms with Crippen LogP contribution in [-0.4, -0.2) is 29.9 Å². The highest BCUT2D eigenvalue weighted by atomic mass is 16.6. The average molecular weight is 342 g/mol. The van der Waals surface area contributed by atoms with Crippen LogP contribution in [-0.2, 0) is 9.63 Å². The van der Waals surface area contributed by atoms with Crippen molar-refractivity contribution in [3.05, 3.63) is 41.2 Å². The zero-order chi connectivity index (χ0) is 18.4. The van der Waals surface area contributed by atoms with Crippen LogP contribution in [0.2, 0.25) is 0 Å². The number of hydrogen-bond donors (Lipinski definition) is 1. The smallest absolute Gasteiger partial charge is 0.168 e. The number of Topliss-reactive ketones (excluding diaryl/α,β-unsaturated/α-hetero) is 1. The fraction of sp³-hybridized carbons (Fsp3) is 0.450. The van der Waals surface area contributed by atoms with Gasteiger partial charge in [0.15, 0.2) is 5.78 Å². The van der Waals surface area contributed by atoms with Crippen LogP contribution < -0.4 is 0 Å². The largest absolute Gasteiger partial charge is 0.511 e. The zero-order valence-electron chi connectivity index (χ0n) is 15.3. The van der Waals surface area contributed by atoms with Crippen LogP contribution in [0.1, 0.15) is 45.6 Å². The molecule has 25 heavy (non-hydrogen) atoms. The van der Waals surface area contributed by atoms with Gasteiger partial charge in [-0.3, -0.25) is 9.79 Å². The summed E-state index contributed by atoms with van der Waals surface area (Å²) in [6.45, 7) is 6.12. The minimum atomic E-state index is -0.0298. The normalized spacial score (nSPS) is 19.2. The van der Waals surface area contributed by atoms with E-state index in [2.05, 4.69) is 24.0 Å². The number of rotatable bonds is 6. The van der Waals surface area contributed by atoms with Gasteiger partial charge < -0.3 is 9.94 Å². The predicted molar refractivity (Wildman–Crippen MR) is 101 cm³/mol. The number of allylic oxidation sites excluding steroid dienone is 2. The Balaban J connectivity index is 2.10. The number of aliphatic hydroxyl groups excluding tert-OH is 1. The standard InChI is InChI=1S/C20H26N2O3/c1-13(2)9-15-10-19(23)18(20(24)11-15)12-21-17-7-5-16(6-8-17)14(3)22-25-4/h5-8,12-13,15,23H,9-11H2,1-4H3/b21-12?,22-14+. The molecule has 5 nitrogen and oxygen atoms in total. The molecule has 5 heteroatoms. The van der Waals surface area contributed by atoms with Crippen LogP contribution in [0.25, 0.3) is 0 Å². The monoisotopic (exact) mass is 342 g/mol. The molecule has 0 amide bonds. The molecule has 0 aromatic heterocycles. The Morgan fingerprint density at radius 3 is 2.56 bits per heavy atom. The van der Waals surface area contributed by atoms with Gasteiger partial charge in [0.25, 0.3) is 0 Å². The fourth-order valence-corrected chi connectivity index (χ4v) is 3.09. The van der Waals surface area contributed by atoms with E-state index in [-0.39, 0.29) is 17.5 Å². The van der Waals surface area contributed by atoms with E-state index in [1.165, 1.54) is 13.3 Å². The topological polar surface area (TPSA) is 71.2 Å². The van der Waals surface area contributed by atoms with Crippen molar-refractivity contribution in [2.45, 2.75) is 40.0 Å². The van der Waals surface area contributed by atoms with E-state index in [9.17, 15) is 9.90 Å². The average Bonchev–Trinajstić information content (AvgIpc) is 2.54. The molecular formula is C20H26N2O3. The summed E-state index contributed by atoms with van der Waals surface area (Å²) < 4.78 is 0. The van der Waals surface area contributed by atoms with Crippen molar-refractivity contribution in [2.75, 3.05) is 7.11 Å². The molecule has 0 heterocycles. The lowest BCUT2D eigenvalue weighted by molar-refractivity contribution is -0.116. The van der Waals surface area contributed by atoms with Gasteiger partial charge in [-0.2, -0.15) is 0 Å². The number of hydrogen-bond acceptors (Lipinski definition) is 5. The quantitative estimate of drug-likeness (QED) is 0.607. The third kappa shape index (κ3) is 5.28. The molecule has 1 aromatic carbocycles. The first-order chi connectivity index (χ1) is 11.9.